The average molecular weight is 130 g/mol. The molecule has 1 aliphatic heterocycles. The highest BCUT2D eigenvalue weighted by molar-refractivity contribution is 8.00. The maximum absolute atomic E-state index is 3.78. The van der Waals surface area contributed by atoms with E-state index in [0.717, 1.165) is 11.0 Å². The van der Waals surface area contributed by atoms with Crippen molar-refractivity contribution >= 4 is 11.8 Å². The summed E-state index contributed by atoms with van der Waals surface area (Å²) in [7, 11) is 0. The van der Waals surface area contributed by atoms with Gasteiger partial charge in [-0.05, 0) is 25.6 Å². The molecule has 1 rings (SSSR count). The van der Waals surface area contributed by atoms with E-state index in [0.29, 0.717) is 0 Å². The van der Waals surface area contributed by atoms with Crippen molar-refractivity contribution in [2.24, 2.45) is 0 Å². The molecule has 0 aromatic carbocycles. The zero-order chi connectivity index (χ0) is 5.82. The molecule has 1 fully saturated rings. The summed E-state index contributed by atoms with van der Waals surface area (Å²) >= 11 is 1.97. The van der Waals surface area contributed by atoms with Gasteiger partial charge in [-0.25, -0.2) is 0 Å². The molecule has 1 heterocycles. The van der Waals surface area contributed by atoms with E-state index in [-0.39, 0.29) is 0 Å². The van der Waals surface area contributed by atoms with Crippen LogP contribution in [0.15, 0.2) is 0 Å². The molecule has 0 aliphatic carbocycles. The maximum atomic E-state index is 3.78. The number of hydrogen-bond donors (Lipinski definition) is 1. The lowest BCUT2D eigenvalue weighted by Crippen LogP contribution is -2.10. The summed E-state index contributed by atoms with van der Waals surface area (Å²) < 4.78 is 0. The summed E-state index contributed by atoms with van der Waals surface area (Å²) in [6, 6.07) is 0. The molecule has 0 amide bonds. The van der Waals surface area contributed by atoms with E-state index in [1.807, 2.05) is 11.8 Å². The molecule has 0 bridgehead atoms. The smallest absolute Gasteiger partial charge is 0.0184 e. The van der Waals surface area contributed by atoms with E-state index in [9.17, 15) is 0 Å². The SMILES string of the molecule is [CH2]CSC1CCNC1. The molecule has 1 unspecified atom stereocenters. The normalized spacial score (nSPS) is 28.9. The molecular weight excluding hydrogens is 118 g/mol. The maximum Gasteiger partial charge on any atom is 0.0184 e. The Hall–Kier alpha value is 0.310. The van der Waals surface area contributed by atoms with Gasteiger partial charge in [0, 0.05) is 11.8 Å². The van der Waals surface area contributed by atoms with Gasteiger partial charge in [0.1, 0.15) is 0 Å². The van der Waals surface area contributed by atoms with E-state index < -0.39 is 0 Å². The Kier molecular flexibility index (Phi) is 2.70. The van der Waals surface area contributed by atoms with Crippen molar-refractivity contribution in [3.05, 3.63) is 6.92 Å². The Morgan fingerprint density at radius 3 is 3.12 bits per heavy atom. The third-order valence-electron chi connectivity index (χ3n) is 1.37. The van der Waals surface area contributed by atoms with Crippen LogP contribution < -0.4 is 5.32 Å². The van der Waals surface area contributed by atoms with Gasteiger partial charge in [0.2, 0.25) is 0 Å². The van der Waals surface area contributed by atoms with Crippen LogP contribution in [0.2, 0.25) is 0 Å². The van der Waals surface area contributed by atoms with Gasteiger partial charge in [-0.15, -0.1) is 0 Å². The van der Waals surface area contributed by atoms with Crippen LogP contribution in [-0.4, -0.2) is 24.1 Å². The molecule has 1 nitrogen and oxygen atoms in total. The fraction of sp³-hybridized carbons (Fsp3) is 0.833. The van der Waals surface area contributed by atoms with Crippen LogP contribution >= 0.6 is 11.8 Å². The highest BCUT2D eigenvalue weighted by Crippen LogP contribution is 2.15. The summed E-state index contributed by atoms with van der Waals surface area (Å²) in [5.74, 6) is 1.02. The minimum Gasteiger partial charge on any atom is -0.316 e. The molecule has 0 aromatic rings. The molecule has 1 saturated heterocycles. The fourth-order valence-corrected chi connectivity index (χ4v) is 1.79. The summed E-state index contributed by atoms with van der Waals surface area (Å²) in [6.07, 6.45) is 1.33. The van der Waals surface area contributed by atoms with Crippen LogP contribution in [-0.2, 0) is 0 Å². The van der Waals surface area contributed by atoms with Gasteiger partial charge in [-0.2, -0.15) is 11.8 Å². The van der Waals surface area contributed by atoms with Gasteiger partial charge in [0.05, 0.1) is 0 Å². The molecule has 0 spiro atoms. The topological polar surface area (TPSA) is 12.0 Å². The van der Waals surface area contributed by atoms with Crippen molar-refractivity contribution in [1.29, 1.82) is 0 Å². The first-order valence-corrected chi connectivity index (χ1v) is 4.10. The number of rotatable bonds is 2. The van der Waals surface area contributed by atoms with Crippen LogP contribution in [0.1, 0.15) is 6.42 Å². The van der Waals surface area contributed by atoms with Gasteiger partial charge in [0.15, 0.2) is 0 Å². The standard InChI is InChI=1S/C6H12NS/c1-2-8-6-3-4-7-5-6/h6-7H,1-5H2. The lowest BCUT2D eigenvalue weighted by Gasteiger charge is -2.02. The summed E-state index contributed by atoms with van der Waals surface area (Å²) in [6.45, 7) is 6.18. The third kappa shape index (κ3) is 1.67. The van der Waals surface area contributed by atoms with Crippen LogP contribution in [0.3, 0.4) is 0 Å². The molecule has 47 valence electrons. The van der Waals surface area contributed by atoms with E-state index >= 15 is 0 Å². The second-order valence-corrected chi connectivity index (χ2v) is 3.39. The zero-order valence-corrected chi connectivity index (χ0v) is 5.84. The van der Waals surface area contributed by atoms with Crippen LogP contribution in [0, 0.1) is 6.92 Å². The van der Waals surface area contributed by atoms with Gasteiger partial charge in [0.25, 0.3) is 0 Å². The Balaban J connectivity index is 2.06. The predicted octanol–water partition coefficient (Wildman–Crippen LogP) is 0.916. The Labute approximate surface area is 55.2 Å². The predicted molar refractivity (Wildman–Crippen MR) is 39.1 cm³/mol. The summed E-state index contributed by atoms with van der Waals surface area (Å²) in [5, 5.41) is 4.16. The highest BCUT2D eigenvalue weighted by atomic mass is 32.2. The van der Waals surface area contributed by atoms with Gasteiger partial charge >= 0.3 is 0 Å². The molecule has 1 atom stereocenters. The minimum atomic E-state index is 0.854. The Bertz CT molecular complexity index is 59.5. The van der Waals surface area contributed by atoms with Crippen molar-refractivity contribution in [3.63, 3.8) is 0 Å². The Morgan fingerprint density at radius 1 is 1.75 bits per heavy atom. The molecule has 1 aliphatic rings. The van der Waals surface area contributed by atoms with Crippen LogP contribution in [0.4, 0.5) is 0 Å². The first-order valence-electron chi connectivity index (χ1n) is 3.05. The molecule has 8 heavy (non-hydrogen) atoms. The number of hydrogen-bond acceptors (Lipinski definition) is 2. The molecular formula is C6H12NS. The fourth-order valence-electron chi connectivity index (χ4n) is 0.937. The number of nitrogens with one attached hydrogen (secondary N) is 1. The van der Waals surface area contributed by atoms with E-state index in [4.69, 9.17) is 0 Å². The van der Waals surface area contributed by atoms with Crippen molar-refractivity contribution in [3.8, 4) is 0 Å². The van der Waals surface area contributed by atoms with Crippen molar-refractivity contribution < 1.29 is 0 Å². The van der Waals surface area contributed by atoms with Crippen LogP contribution in [0.5, 0.6) is 0 Å². The summed E-state index contributed by atoms with van der Waals surface area (Å²) in [4.78, 5) is 0. The molecule has 0 aromatic heterocycles. The quantitative estimate of drug-likeness (QED) is 0.596. The molecule has 2 heteroatoms. The molecule has 1 N–H and O–H groups in total. The highest BCUT2D eigenvalue weighted by Gasteiger charge is 2.12. The summed E-state index contributed by atoms with van der Waals surface area (Å²) in [5.41, 5.74) is 0. The van der Waals surface area contributed by atoms with Gasteiger partial charge < -0.3 is 5.32 Å². The monoisotopic (exact) mass is 130 g/mol. The first-order chi connectivity index (χ1) is 3.93. The van der Waals surface area contributed by atoms with E-state index in [2.05, 4.69) is 12.2 Å². The second kappa shape index (κ2) is 3.36. The van der Waals surface area contributed by atoms with Crippen molar-refractivity contribution in [2.75, 3.05) is 18.8 Å². The van der Waals surface area contributed by atoms with Crippen LogP contribution in [0.25, 0.3) is 0 Å². The third-order valence-corrected chi connectivity index (χ3v) is 2.48. The average Bonchev–Trinajstić information content (AvgIpc) is 2.19. The minimum absolute atomic E-state index is 0.854. The van der Waals surface area contributed by atoms with E-state index in [1.54, 1.807) is 0 Å². The Morgan fingerprint density at radius 2 is 2.62 bits per heavy atom. The van der Waals surface area contributed by atoms with Crippen molar-refractivity contribution in [2.45, 2.75) is 11.7 Å². The molecule has 0 saturated carbocycles. The lowest BCUT2D eigenvalue weighted by molar-refractivity contribution is 0.858. The second-order valence-electron chi connectivity index (χ2n) is 1.99. The van der Waals surface area contributed by atoms with Gasteiger partial charge in [-0.1, -0.05) is 0 Å². The van der Waals surface area contributed by atoms with Crippen molar-refractivity contribution in [1.82, 2.24) is 5.32 Å². The lowest BCUT2D eigenvalue weighted by atomic mass is 10.4. The largest absolute Gasteiger partial charge is 0.316 e. The van der Waals surface area contributed by atoms with E-state index in [1.165, 1.54) is 19.5 Å². The first kappa shape index (κ1) is 6.43. The number of thioether (sulfide) groups is 1. The zero-order valence-electron chi connectivity index (χ0n) is 5.02. The molecule has 1 radical (unpaired) electrons. The van der Waals surface area contributed by atoms with Gasteiger partial charge in [-0.3, -0.25) is 0 Å².